The number of carbonyl (C=O) groups is 1. The molecule has 3 rings (SSSR count). The average Bonchev–Trinajstić information content (AvgIpc) is 3.06. The van der Waals surface area contributed by atoms with Crippen LogP contribution >= 0.6 is 0 Å². The minimum Gasteiger partial charge on any atom is -0.352 e. The van der Waals surface area contributed by atoms with Crippen LogP contribution in [0, 0.1) is 0 Å². The molecule has 0 bridgehead atoms. The Bertz CT molecular complexity index is 1030. The van der Waals surface area contributed by atoms with Gasteiger partial charge in [0.1, 0.15) is 0 Å². The third kappa shape index (κ3) is 4.99. The quantitative estimate of drug-likeness (QED) is 0.690. The van der Waals surface area contributed by atoms with Crippen molar-refractivity contribution < 1.29 is 21.6 Å². The van der Waals surface area contributed by atoms with E-state index in [-0.39, 0.29) is 28.7 Å². The van der Waals surface area contributed by atoms with Crippen molar-refractivity contribution in [2.75, 3.05) is 18.1 Å². The SMILES string of the molecule is O=C(NCCCc1ccccc1)c1ccc(S(=O)(=O)C2CCS(=O)(=O)C2)cc1. The molecule has 0 spiro atoms. The molecule has 28 heavy (non-hydrogen) atoms. The lowest BCUT2D eigenvalue weighted by Gasteiger charge is -2.11. The van der Waals surface area contributed by atoms with E-state index in [2.05, 4.69) is 5.32 Å². The lowest BCUT2D eigenvalue weighted by Crippen LogP contribution is -2.25. The Morgan fingerprint density at radius 2 is 1.71 bits per heavy atom. The summed E-state index contributed by atoms with van der Waals surface area (Å²) in [5, 5.41) is 1.92. The van der Waals surface area contributed by atoms with Crippen LogP contribution in [0.5, 0.6) is 0 Å². The number of amides is 1. The maximum atomic E-state index is 12.6. The molecule has 0 radical (unpaired) electrons. The fraction of sp³-hybridized carbons (Fsp3) is 0.350. The molecule has 0 aromatic heterocycles. The van der Waals surface area contributed by atoms with Crippen molar-refractivity contribution in [2.24, 2.45) is 0 Å². The molecule has 1 atom stereocenters. The maximum Gasteiger partial charge on any atom is 0.251 e. The summed E-state index contributed by atoms with van der Waals surface area (Å²) in [6.45, 7) is 0.522. The Morgan fingerprint density at radius 1 is 1.04 bits per heavy atom. The summed E-state index contributed by atoms with van der Waals surface area (Å²) in [7, 11) is -7.00. The van der Waals surface area contributed by atoms with Crippen LogP contribution in [0.2, 0.25) is 0 Å². The van der Waals surface area contributed by atoms with Crippen LogP contribution in [0.25, 0.3) is 0 Å². The molecule has 2 aromatic carbocycles. The second-order valence-corrected chi connectivity index (χ2v) is 11.4. The van der Waals surface area contributed by atoms with E-state index in [1.165, 1.54) is 29.8 Å². The summed E-state index contributed by atoms with van der Waals surface area (Å²) in [6, 6.07) is 15.7. The predicted octanol–water partition coefficient (Wildman–Crippen LogP) is 2.01. The van der Waals surface area contributed by atoms with Crippen LogP contribution in [-0.4, -0.2) is 46.0 Å². The molecule has 8 heteroatoms. The van der Waals surface area contributed by atoms with Gasteiger partial charge < -0.3 is 5.32 Å². The highest BCUT2D eigenvalue weighted by Crippen LogP contribution is 2.25. The summed E-state index contributed by atoms with van der Waals surface area (Å²) in [5.74, 6) is -0.695. The third-order valence-corrected chi connectivity index (χ3v) is 9.03. The predicted molar refractivity (Wildman–Crippen MR) is 108 cm³/mol. The van der Waals surface area contributed by atoms with Crippen molar-refractivity contribution in [3.05, 3.63) is 65.7 Å². The van der Waals surface area contributed by atoms with Gasteiger partial charge in [0.05, 0.1) is 21.7 Å². The number of aryl methyl sites for hydroxylation is 1. The first-order valence-corrected chi connectivity index (χ1v) is 12.5. The standard InChI is InChI=1S/C20H23NO5S2/c22-20(21-13-4-7-16-5-2-1-3-6-16)17-8-10-18(11-9-17)28(25,26)19-12-14-27(23,24)15-19/h1-3,5-6,8-11,19H,4,7,12-15H2,(H,21,22). The number of nitrogens with one attached hydrogen (secondary N) is 1. The molecule has 1 fully saturated rings. The van der Waals surface area contributed by atoms with Gasteiger partial charge in [0.15, 0.2) is 19.7 Å². The fourth-order valence-electron chi connectivity index (χ4n) is 3.24. The van der Waals surface area contributed by atoms with Gasteiger partial charge in [0, 0.05) is 12.1 Å². The molecule has 1 saturated heterocycles. The van der Waals surface area contributed by atoms with Crippen LogP contribution in [0.15, 0.2) is 59.5 Å². The van der Waals surface area contributed by atoms with Gasteiger partial charge in [-0.1, -0.05) is 30.3 Å². The van der Waals surface area contributed by atoms with Crippen LogP contribution in [0.4, 0.5) is 0 Å². The van der Waals surface area contributed by atoms with Gasteiger partial charge in [-0.2, -0.15) is 0 Å². The largest absolute Gasteiger partial charge is 0.352 e. The Balaban J connectivity index is 1.55. The lowest BCUT2D eigenvalue weighted by molar-refractivity contribution is 0.0953. The molecule has 1 aliphatic heterocycles. The second kappa shape index (κ2) is 8.45. The summed E-state index contributed by atoms with van der Waals surface area (Å²) >= 11 is 0. The Hall–Kier alpha value is -2.19. The zero-order valence-corrected chi connectivity index (χ0v) is 17.0. The molecule has 150 valence electrons. The Kier molecular flexibility index (Phi) is 6.20. The van der Waals surface area contributed by atoms with Gasteiger partial charge in [0.25, 0.3) is 5.91 Å². The van der Waals surface area contributed by atoms with Crippen molar-refractivity contribution >= 4 is 25.6 Å². The van der Waals surface area contributed by atoms with Crippen LogP contribution < -0.4 is 5.32 Å². The van der Waals surface area contributed by atoms with E-state index in [0.29, 0.717) is 12.1 Å². The lowest BCUT2D eigenvalue weighted by atomic mass is 10.1. The van der Waals surface area contributed by atoms with E-state index >= 15 is 0 Å². The highest BCUT2D eigenvalue weighted by Gasteiger charge is 2.37. The smallest absolute Gasteiger partial charge is 0.251 e. The van der Waals surface area contributed by atoms with Gasteiger partial charge in [-0.25, -0.2) is 16.8 Å². The van der Waals surface area contributed by atoms with E-state index < -0.39 is 24.9 Å². The molecule has 1 amide bonds. The number of rotatable bonds is 7. The molecule has 2 aromatic rings. The highest BCUT2D eigenvalue weighted by molar-refractivity contribution is 7.96. The van der Waals surface area contributed by atoms with Gasteiger partial charge in [-0.05, 0) is 49.1 Å². The van der Waals surface area contributed by atoms with Crippen molar-refractivity contribution in [3.8, 4) is 0 Å². The first kappa shape index (κ1) is 20.5. The monoisotopic (exact) mass is 421 g/mol. The average molecular weight is 422 g/mol. The summed E-state index contributed by atoms with van der Waals surface area (Å²) in [6.07, 6.45) is 1.79. The van der Waals surface area contributed by atoms with Gasteiger partial charge >= 0.3 is 0 Å². The number of hydrogen-bond acceptors (Lipinski definition) is 5. The van der Waals surface area contributed by atoms with E-state index in [1.54, 1.807) is 0 Å². The van der Waals surface area contributed by atoms with Crippen LogP contribution in [0.3, 0.4) is 0 Å². The van der Waals surface area contributed by atoms with Crippen LogP contribution in [0.1, 0.15) is 28.8 Å². The van der Waals surface area contributed by atoms with E-state index in [1.807, 2.05) is 30.3 Å². The molecular weight excluding hydrogens is 398 g/mol. The Labute approximate surface area is 165 Å². The number of sulfone groups is 2. The summed E-state index contributed by atoms with van der Waals surface area (Å²) < 4.78 is 48.3. The zero-order chi connectivity index (χ0) is 20.2. The molecule has 1 N–H and O–H groups in total. The molecule has 0 saturated carbocycles. The highest BCUT2D eigenvalue weighted by atomic mass is 32.2. The van der Waals surface area contributed by atoms with Crippen molar-refractivity contribution in [3.63, 3.8) is 0 Å². The Morgan fingerprint density at radius 3 is 2.32 bits per heavy atom. The number of hydrogen-bond donors (Lipinski definition) is 1. The fourth-order valence-corrected chi connectivity index (χ4v) is 7.59. The van der Waals surface area contributed by atoms with E-state index in [4.69, 9.17) is 0 Å². The van der Waals surface area contributed by atoms with Gasteiger partial charge in [0.2, 0.25) is 0 Å². The van der Waals surface area contributed by atoms with Crippen molar-refractivity contribution in [1.82, 2.24) is 5.32 Å². The molecule has 1 unspecified atom stereocenters. The van der Waals surface area contributed by atoms with Crippen molar-refractivity contribution in [2.45, 2.75) is 29.4 Å². The first-order chi connectivity index (χ1) is 13.3. The number of carbonyl (C=O) groups excluding carboxylic acids is 1. The second-order valence-electron chi connectivity index (χ2n) is 6.94. The van der Waals surface area contributed by atoms with Gasteiger partial charge in [-0.15, -0.1) is 0 Å². The number of benzene rings is 2. The van der Waals surface area contributed by atoms with Gasteiger partial charge in [-0.3, -0.25) is 4.79 Å². The molecule has 6 nitrogen and oxygen atoms in total. The third-order valence-electron chi connectivity index (χ3n) is 4.85. The zero-order valence-electron chi connectivity index (χ0n) is 15.4. The molecule has 1 heterocycles. The molecule has 0 aliphatic carbocycles. The van der Waals surface area contributed by atoms with Crippen LogP contribution in [-0.2, 0) is 26.1 Å². The first-order valence-electron chi connectivity index (χ1n) is 9.14. The van der Waals surface area contributed by atoms with Crippen molar-refractivity contribution in [1.29, 1.82) is 0 Å². The minimum atomic E-state index is -3.71. The normalized spacial score (nSPS) is 18.6. The summed E-state index contributed by atoms with van der Waals surface area (Å²) in [5.41, 5.74) is 1.58. The topological polar surface area (TPSA) is 97.4 Å². The molecular formula is C20H23NO5S2. The minimum absolute atomic E-state index is 0.0511. The van der Waals surface area contributed by atoms with E-state index in [0.717, 1.165) is 12.8 Å². The maximum absolute atomic E-state index is 12.6. The molecule has 1 aliphatic rings. The summed E-state index contributed by atoms with van der Waals surface area (Å²) in [4.78, 5) is 12.3. The van der Waals surface area contributed by atoms with E-state index in [9.17, 15) is 21.6 Å².